The Kier molecular flexibility index (Phi) is 11.5. The van der Waals surface area contributed by atoms with Crippen LogP contribution < -0.4 is 15.4 Å². The largest absolute Gasteiger partial charge is 0.489 e. The average molecular weight is 428 g/mol. The highest BCUT2D eigenvalue weighted by Crippen LogP contribution is 2.16. The molecular weight excluding hydrogens is 405 g/mol. The molecule has 21 heavy (non-hydrogen) atoms. The molecule has 0 heterocycles. The minimum Gasteiger partial charge on any atom is -0.489 e. The van der Waals surface area contributed by atoms with Gasteiger partial charge in [0, 0.05) is 25.7 Å². The molecule has 2 N–H and O–H groups in total. The summed E-state index contributed by atoms with van der Waals surface area (Å²) in [6.45, 7) is 3.99. The molecule has 1 rings (SSSR count). The van der Waals surface area contributed by atoms with Crippen molar-refractivity contribution in [2.75, 3.05) is 33.9 Å². The van der Waals surface area contributed by atoms with Crippen molar-refractivity contribution in [2.24, 2.45) is 4.99 Å². The van der Waals surface area contributed by atoms with Crippen LogP contribution in [0.1, 0.15) is 6.92 Å². The van der Waals surface area contributed by atoms with Crippen LogP contribution in [0.4, 0.5) is 0 Å². The van der Waals surface area contributed by atoms with Gasteiger partial charge in [0.05, 0.1) is 13.2 Å². The number of hydrogen-bond acceptors (Lipinski definition) is 3. The SMILES string of the molecule is CN=C(NCCOC)NCC(C)Oc1ccc(Cl)cc1.I. The zero-order valence-corrected chi connectivity index (χ0v) is 15.6. The maximum absolute atomic E-state index is 5.83. The smallest absolute Gasteiger partial charge is 0.191 e. The van der Waals surface area contributed by atoms with E-state index in [0.29, 0.717) is 24.7 Å². The number of nitrogens with zero attached hydrogens (tertiary/aromatic N) is 1. The van der Waals surface area contributed by atoms with Gasteiger partial charge < -0.3 is 20.1 Å². The van der Waals surface area contributed by atoms with Gasteiger partial charge in [-0.2, -0.15) is 0 Å². The lowest BCUT2D eigenvalue weighted by atomic mass is 10.3. The molecule has 1 aromatic carbocycles. The molecule has 0 bridgehead atoms. The molecule has 1 aromatic rings. The Morgan fingerprint density at radius 3 is 2.52 bits per heavy atom. The van der Waals surface area contributed by atoms with Crippen LogP contribution >= 0.6 is 35.6 Å². The Hall–Kier alpha value is -0.730. The summed E-state index contributed by atoms with van der Waals surface area (Å²) in [5.74, 6) is 1.53. The van der Waals surface area contributed by atoms with Gasteiger partial charge in [-0.25, -0.2) is 0 Å². The zero-order chi connectivity index (χ0) is 14.8. The van der Waals surface area contributed by atoms with Gasteiger partial charge in [0.1, 0.15) is 11.9 Å². The quantitative estimate of drug-likeness (QED) is 0.304. The number of guanidine groups is 1. The van der Waals surface area contributed by atoms with Gasteiger partial charge in [0.25, 0.3) is 0 Å². The standard InChI is InChI=1S/C14H22ClN3O2.HI/c1-11(20-13-6-4-12(15)5-7-13)10-18-14(16-2)17-8-9-19-3;/h4-7,11H,8-10H2,1-3H3,(H2,16,17,18);1H. The number of methoxy groups -OCH3 is 1. The lowest BCUT2D eigenvalue weighted by Gasteiger charge is -2.17. The van der Waals surface area contributed by atoms with Gasteiger partial charge in [-0.15, -0.1) is 24.0 Å². The summed E-state index contributed by atoms with van der Waals surface area (Å²) in [5, 5.41) is 7.03. The first kappa shape index (κ1) is 20.3. The highest BCUT2D eigenvalue weighted by Gasteiger charge is 2.05. The van der Waals surface area contributed by atoms with Gasteiger partial charge in [-0.05, 0) is 31.2 Å². The maximum Gasteiger partial charge on any atom is 0.191 e. The minimum atomic E-state index is 0. The van der Waals surface area contributed by atoms with Gasteiger partial charge in [-0.3, -0.25) is 4.99 Å². The molecule has 0 aliphatic heterocycles. The summed E-state index contributed by atoms with van der Waals surface area (Å²) in [4.78, 5) is 4.12. The summed E-state index contributed by atoms with van der Waals surface area (Å²) in [6, 6.07) is 7.32. The molecule has 0 fully saturated rings. The van der Waals surface area contributed by atoms with Gasteiger partial charge in [-0.1, -0.05) is 11.6 Å². The van der Waals surface area contributed by atoms with Crippen molar-refractivity contribution in [2.45, 2.75) is 13.0 Å². The number of rotatable bonds is 7. The number of ether oxygens (including phenoxy) is 2. The Labute approximate surface area is 148 Å². The van der Waals surface area contributed by atoms with Gasteiger partial charge in [0.15, 0.2) is 5.96 Å². The number of nitrogens with one attached hydrogen (secondary N) is 2. The van der Waals surface area contributed by atoms with Gasteiger partial charge in [0.2, 0.25) is 0 Å². The van der Waals surface area contributed by atoms with Crippen molar-refractivity contribution in [3.8, 4) is 5.75 Å². The van der Waals surface area contributed by atoms with Crippen molar-refractivity contribution in [1.29, 1.82) is 0 Å². The summed E-state index contributed by atoms with van der Waals surface area (Å²) in [5.41, 5.74) is 0. The summed E-state index contributed by atoms with van der Waals surface area (Å²) in [6.07, 6.45) is 0.0113. The van der Waals surface area contributed by atoms with E-state index in [-0.39, 0.29) is 30.1 Å². The van der Waals surface area contributed by atoms with E-state index in [1.54, 1.807) is 14.2 Å². The predicted octanol–water partition coefficient (Wildman–Crippen LogP) is 2.54. The van der Waals surface area contributed by atoms with Crippen molar-refractivity contribution in [3.05, 3.63) is 29.3 Å². The molecular formula is C14H23ClIN3O2. The number of hydrogen-bond donors (Lipinski definition) is 2. The number of aliphatic imine (C=N–C) groups is 1. The van der Waals surface area contributed by atoms with Crippen LogP contribution in [0.2, 0.25) is 5.02 Å². The van der Waals surface area contributed by atoms with Crippen molar-refractivity contribution in [3.63, 3.8) is 0 Å². The van der Waals surface area contributed by atoms with E-state index in [0.717, 1.165) is 11.7 Å². The first-order valence-corrected chi connectivity index (χ1v) is 6.89. The Balaban J connectivity index is 0.00000400. The average Bonchev–Trinajstić information content (AvgIpc) is 2.45. The van der Waals surface area contributed by atoms with Gasteiger partial charge >= 0.3 is 0 Å². The Morgan fingerprint density at radius 2 is 1.95 bits per heavy atom. The highest BCUT2D eigenvalue weighted by atomic mass is 127. The molecule has 5 nitrogen and oxygen atoms in total. The van der Waals surface area contributed by atoms with E-state index in [1.807, 2.05) is 31.2 Å². The molecule has 0 saturated carbocycles. The van der Waals surface area contributed by atoms with Crippen molar-refractivity contribution in [1.82, 2.24) is 10.6 Å². The maximum atomic E-state index is 5.83. The van der Waals surface area contributed by atoms with Crippen LogP contribution in [-0.4, -0.2) is 45.9 Å². The lowest BCUT2D eigenvalue weighted by molar-refractivity contribution is 0.203. The van der Waals surface area contributed by atoms with Crippen molar-refractivity contribution >= 4 is 41.5 Å². The molecule has 0 spiro atoms. The fourth-order valence-corrected chi connectivity index (χ4v) is 1.65. The second-order valence-corrected chi connectivity index (χ2v) is 4.69. The van der Waals surface area contributed by atoms with Crippen LogP contribution in [0.3, 0.4) is 0 Å². The molecule has 0 aromatic heterocycles. The third-order valence-electron chi connectivity index (χ3n) is 2.53. The highest BCUT2D eigenvalue weighted by molar-refractivity contribution is 14.0. The van der Waals surface area contributed by atoms with E-state index in [1.165, 1.54) is 0 Å². The monoisotopic (exact) mass is 427 g/mol. The third-order valence-corrected chi connectivity index (χ3v) is 2.78. The lowest BCUT2D eigenvalue weighted by Crippen LogP contribution is -2.42. The topological polar surface area (TPSA) is 54.9 Å². The van der Waals surface area contributed by atoms with E-state index < -0.39 is 0 Å². The third kappa shape index (κ3) is 9.00. The minimum absolute atomic E-state index is 0. The van der Waals surface area contributed by atoms with Crippen LogP contribution in [0.25, 0.3) is 0 Å². The fraction of sp³-hybridized carbons (Fsp3) is 0.500. The molecule has 0 aliphatic rings. The molecule has 0 saturated heterocycles. The zero-order valence-electron chi connectivity index (χ0n) is 12.6. The molecule has 7 heteroatoms. The van der Waals surface area contributed by atoms with Crippen LogP contribution in [-0.2, 0) is 4.74 Å². The Morgan fingerprint density at radius 1 is 1.29 bits per heavy atom. The summed E-state index contributed by atoms with van der Waals surface area (Å²) >= 11 is 5.83. The van der Waals surface area contributed by atoms with E-state index in [4.69, 9.17) is 21.1 Å². The number of benzene rings is 1. The van der Waals surface area contributed by atoms with E-state index >= 15 is 0 Å². The van der Waals surface area contributed by atoms with Crippen LogP contribution in [0.15, 0.2) is 29.3 Å². The fourth-order valence-electron chi connectivity index (χ4n) is 1.52. The first-order chi connectivity index (χ1) is 9.65. The molecule has 1 unspecified atom stereocenters. The molecule has 120 valence electrons. The molecule has 0 radical (unpaired) electrons. The summed E-state index contributed by atoms with van der Waals surface area (Å²) in [7, 11) is 3.40. The van der Waals surface area contributed by atoms with Crippen LogP contribution in [0, 0.1) is 0 Å². The molecule has 1 atom stereocenters. The predicted molar refractivity (Wildman–Crippen MR) is 98.2 cm³/mol. The van der Waals surface area contributed by atoms with Crippen LogP contribution in [0.5, 0.6) is 5.75 Å². The normalized spacial score (nSPS) is 12.3. The number of halogens is 2. The second kappa shape index (κ2) is 11.9. The molecule has 0 amide bonds. The molecule has 0 aliphatic carbocycles. The van der Waals surface area contributed by atoms with Crippen molar-refractivity contribution < 1.29 is 9.47 Å². The first-order valence-electron chi connectivity index (χ1n) is 6.51. The van der Waals surface area contributed by atoms with E-state index in [2.05, 4.69) is 15.6 Å². The van der Waals surface area contributed by atoms with E-state index in [9.17, 15) is 0 Å². The summed E-state index contributed by atoms with van der Waals surface area (Å²) < 4.78 is 10.7. The Bertz CT molecular complexity index is 415. The second-order valence-electron chi connectivity index (χ2n) is 4.26.